The van der Waals surface area contributed by atoms with E-state index in [1.165, 1.54) is 0 Å². The average molecular weight is 397 g/mol. The number of hydrogen-bond acceptors (Lipinski definition) is 3. The van der Waals surface area contributed by atoms with Crippen LogP contribution in [0.3, 0.4) is 0 Å². The smallest absolute Gasteiger partial charge is 0.264 e. The van der Waals surface area contributed by atoms with Crippen molar-refractivity contribution in [3.05, 3.63) is 76.2 Å². The Kier molecular flexibility index (Phi) is 5.63. The molecule has 0 N–H and O–H groups in total. The van der Waals surface area contributed by atoms with E-state index in [1.807, 2.05) is 61.5 Å². The van der Waals surface area contributed by atoms with E-state index in [1.54, 1.807) is 4.57 Å². The minimum Gasteiger partial charge on any atom is -0.299 e. The molecule has 1 fully saturated rings. The van der Waals surface area contributed by atoms with Gasteiger partial charge in [-0.25, -0.2) is 0 Å². The van der Waals surface area contributed by atoms with Crippen molar-refractivity contribution < 1.29 is 9.59 Å². The highest BCUT2D eigenvalue weighted by molar-refractivity contribution is 6.01. The lowest BCUT2D eigenvalue weighted by molar-refractivity contribution is -0.131. The van der Waals surface area contributed by atoms with Crippen LogP contribution in [-0.2, 0) is 16.0 Å². The fourth-order valence-electron chi connectivity index (χ4n) is 4.16. The van der Waals surface area contributed by atoms with Gasteiger partial charge in [0.05, 0.1) is 11.8 Å². The molecule has 0 aliphatic heterocycles. The number of rotatable bonds is 3. The number of benzene rings is 2. The largest absolute Gasteiger partial charge is 0.299 e. The maximum absolute atomic E-state index is 13.5. The summed E-state index contributed by atoms with van der Waals surface area (Å²) in [6, 6.07) is 17.4. The summed E-state index contributed by atoms with van der Waals surface area (Å²) in [5.74, 6) is 6.24. The molecular formula is C26H23NO3. The van der Waals surface area contributed by atoms with Crippen molar-refractivity contribution in [2.75, 3.05) is 0 Å². The fraction of sp³-hybridized carbons (Fsp3) is 0.269. The molecule has 0 spiro atoms. The van der Waals surface area contributed by atoms with Crippen LogP contribution in [-0.4, -0.2) is 16.1 Å². The van der Waals surface area contributed by atoms with Crippen LogP contribution in [0.1, 0.15) is 43.9 Å². The van der Waals surface area contributed by atoms with Crippen LogP contribution in [0.15, 0.2) is 59.4 Å². The van der Waals surface area contributed by atoms with Crippen LogP contribution in [0.2, 0.25) is 0 Å². The van der Waals surface area contributed by atoms with E-state index in [0.717, 1.165) is 23.2 Å². The van der Waals surface area contributed by atoms with Crippen LogP contribution < -0.4 is 5.56 Å². The number of carbonyl (C=O) groups is 2. The van der Waals surface area contributed by atoms with E-state index in [-0.39, 0.29) is 29.5 Å². The molecule has 0 bridgehead atoms. The van der Waals surface area contributed by atoms with E-state index in [4.69, 9.17) is 0 Å². The second kappa shape index (κ2) is 8.51. The highest BCUT2D eigenvalue weighted by Gasteiger charge is 2.24. The average Bonchev–Trinajstić information content (AvgIpc) is 2.73. The number of nitrogens with zero attached hydrogens (tertiary/aromatic N) is 1. The first-order valence-electron chi connectivity index (χ1n) is 10.3. The van der Waals surface area contributed by atoms with Crippen LogP contribution in [0.5, 0.6) is 0 Å². The number of aryl methyl sites for hydroxylation is 1. The summed E-state index contributed by atoms with van der Waals surface area (Å²) in [7, 11) is 0. The number of para-hydroxylation sites is 1. The Labute approximate surface area is 175 Å². The first kappa shape index (κ1) is 19.8. The third-order valence-corrected chi connectivity index (χ3v) is 5.54. The summed E-state index contributed by atoms with van der Waals surface area (Å²) in [6.45, 7) is 2.04. The minimum absolute atomic E-state index is 0.000975. The highest BCUT2D eigenvalue weighted by Crippen LogP contribution is 2.22. The van der Waals surface area contributed by atoms with Gasteiger partial charge in [0.25, 0.3) is 5.56 Å². The summed E-state index contributed by atoms with van der Waals surface area (Å²) in [5.41, 5.74) is 2.38. The SMILES string of the molecule is CCc1cc2cccc(C#CCC3CC(=O)CC(=O)C3)c2c(=O)n1-c1ccccc1. The number of Topliss-reactive ketones (excluding diaryl/α,β-unsaturated/α-hetero) is 2. The van der Waals surface area contributed by atoms with Gasteiger partial charge in [0.1, 0.15) is 11.6 Å². The third-order valence-electron chi connectivity index (χ3n) is 5.54. The summed E-state index contributed by atoms with van der Waals surface area (Å²) < 4.78 is 1.76. The molecule has 0 radical (unpaired) electrons. The molecule has 4 heteroatoms. The standard InChI is InChI=1S/C26H23NO3/c1-2-21-16-20-11-7-10-19(9-6-8-18-14-23(28)17-24(29)15-18)25(20)26(30)27(21)22-12-4-3-5-13-22/h3-5,7,10-13,16,18H,2,8,14-15,17H2,1H3. The number of pyridine rings is 1. The van der Waals surface area contributed by atoms with E-state index in [9.17, 15) is 14.4 Å². The summed E-state index contributed by atoms with van der Waals surface area (Å²) in [5, 5.41) is 1.47. The molecule has 1 aliphatic rings. The van der Waals surface area contributed by atoms with E-state index >= 15 is 0 Å². The normalized spacial score (nSPS) is 14.6. The monoisotopic (exact) mass is 397 g/mol. The Balaban J connectivity index is 1.76. The first-order chi connectivity index (χ1) is 14.6. The predicted octanol–water partition coefficient (Wildman–Crippen LogP) is 4.23. The second-order valence-corrected chi connectivity index (χ2v) is 7.77. The molecule has 2 aromatic carbocycles. The predicted molar refractivity (Wildman–Crippen MR) is 118 cm³/mol. The first-order valence-corrected chi connectivity index (χ1v) is 10.3. The molecule has 0 atom stereocenters. The molecule has 0 saturated heterocycles. The molecule has 30 heavy (non-hydrogen) atoms. The molecule has 1 heterocycles. The maximum atomic E-state index is 13.5. The van der Waals surface area contributed by atoms with Crippen molar-refractivity contribution in [3.63, 3.8) is 0 Å². The summed E-state index contributed by atoms with van der Waals surface area (Å²) in [4.78, 5) is 36.8. The second-order valence-electron chi connectivity index (χ2n) is 7.77. The molecule has 1 aromatic heterocycles. The van der Waals surface area contributed by atoms with Gasteiger partial charge < -0.3 is 0 Å². The molecule has 1 saturated carbocycles. The number of ketones is 2. The van der Waals surface area contributed by atoms with Crippen molar-refractivity contribution in [2.24, 2.45) is 5.92 Å². The lowest BCUT2D eigenvalue weighted by atomic mass is 9.85. The topological polar surface area (TPSA) is 56.1 Å². The Hall–Kier alpha value is -3.45. The zero-order valence-electron chi connectivity index (χ0n) is 17.0. The lowest BCUT2D eigenvalue weighted by Crippen LogP contribution is -2.22. The van der Waals surface area contributed by atoms with E-state index in [0.29, 0.717) is 30.2 Å². The maximum Gasteiger partial charge on any atom is 0.264 e. The molecule has 0 unspecified atom stereocenters. The van der Waals surface area contributed by atoms with Crippen molar-refractivity contribution in [1.29, 1.82) is 0 Å². The summed E-state index contributed by atoms with van der Waals surface area (Å²) in [6.07, 6.45) is 2.10. The van der Waals surface area contributed by atoms with Gasteiger partial charge in [0, 0.05) is 36.2 Å². The molecular weight excluding hydrogens is 374 g/mol. The van der Waals surface area contributed by atoms with Gasteiger partial charge in [-0.2, -0.15) is 0 Å². The Morgan fingerprint density at radius 3 is 2.40 bits per heavy atom. The summed E-state index contributed by atoms with van der Waals surface area (Å²) >= 11 is 0. The van der Waals surface area contributed by atoms with E-state index in [2.05, 4.69) is 11.8 Å². The van der Waals surface area contributed by atoms with Gasteiger partial charge in [-0.1, -0.05) is 49.1 Å². The minimum atomic E-state index is -0.0801. The molecule has 1 aliphatic carbocycles. The van der Waals surface area contributed by atoms with Crippen LogP contribution in [0.4, 0.5) is 0 Å². The van der Waals surface area contributed by atoms with Crippen LogP contribution >= 0.6 is 0 Å². The van der Waals surface area contributed by atoms with Crippen LogP contribution in [0.25, 0.3) is 16.5 Å². The van der Waals surface area contributed by atoms with Crippen molar-refractivity contribution >= 4 is 22.3 Å². The van der Waals surface area contributed by atoms with Crippen molar-refractivity contribution in [3.8, 4) is 17.5 Å². The Morgan fingerprint density at radius 1 is 0.967 bits per heavy atom. The molecule has 4 rings (SSSR count). The number of hydrogen-bond donors (Lipinski definition) is 0. The molecule has 3 aromatic rings. The fourth-order valence-corrected chi connectivity index (χ4v) is 4.16. The van der Waals surface area contributed by atoms with Gasteiger partial charge >= 0.3 is 0 Å². The number of carbonyl (C=O) groups excluding carboxylic acids is 2. The van der Waals surface area contributed by atoms with Gasteiger partial charge in [-0.05, 0) is 42.0 Å². The van der Waals surface area contributed by atoms with Crippen LogP contribution in [0, 0.1) is 17.8 Å². The van der Waals surface area contributed by atoms with Gasteiger partial charge in [-0.3, -0.25) is 19.0 Å². The zero-order valence-corrected chi connectivity index (χ0v) is 17.0. The van der Waals surface area contributed by atoms with Crippen molar-refractivity contribution in [2.45, 2.75) is 39.0 Å². The Morgan fingerprint density at radius 2 is 1.70 bits per heavy atom. The quantitative estimate of drug-likeness (QED) is 0.491. The highest BCUT2D eigenvalue weighted by atomic mass is 16.1. The van der Waals surface area contributed by atoms with E-state index < -0.39 is 0 Å². The molecule has 150 valence electrons. The van der Waals surface area contributed by atoms with Gasteiger partial charge in [-0.15, -0.1) is 0 Å². The lowest BCUT2D eigenvalue weighted by Gasteiger charge is -2.17. The third kappa shape index (κ3) is 3.97. The molecule has 4 nitrogen and oxygen atoms in total. The Bertz CT molecular complexity index is 1230. The zero-order chi connectivity index (χ0) is 21.1. The van der Waals surface area contributed by atoms with Gasteiger partial charge in [0.15, 0.2) is 0 Å². The number of fused-ring (bicyclic) bond motifs is 1. The van der Waals surface area contributed by atoms with Gasteiger partial charge in [0.2, 0.25) is 0 Å². The molecule has 0 amide bonds. The number of aromatic nitrogens is 1. The van der Waals surface area contributed by atoms with Crippen molar-refractivity contribution in [1.82, 2.24) is 4.57 Å².